The molecule has 0 spiro atoms. The Morgan fingerprint density at radius 3 is 2.61 bits per heavy atom. The van der Waals surface area contributed by atoms with Crippen molar-refractivity contribution in [2.75, 3.05) is 11.9 Å². The zero-order valence-electron chi connectivity index (χ0n) is 16.4. The number of aromatic nitrogens is 1. The molecule has 0 saturated carbocycles. The molecule has 0 aliphatic heterocycles. The van der Waals surface area contributed by atoms with E-state index in [-0.39, 0.29) is 21.7 Å². The number of hydrogen-bond donors (Lipinski definition) is 3. The maximum atomic E-state index is 12.5. The number of nitrogens with two attached hydrogens (primary N) is 1. The summed E-state index contributed by atoms with van der Waals surface area (Å²) in [5, 5.41) is 14.1. The highest BCUT2D eigenvalue weighted by Gasteiger charge is 2.21. The lowest BCUT2D eigenvalue weighted by atomic mass is 10.1. The average Bonchev–Trinajstić information content (AvgIpc) is 3.12. The van der Waals surface area contributed by atoms with Gasteiger partial charge in [-0.05, 0) is 37.3 Å². The third-order valence-corrected chi connectivity index (χ3v) is 6.90. The van der Waals surface area contributed by atoms with Crippen LogP contribution in [0.2, 0.25) is 0 Å². The van der Waals surface area contributed by atoms with E-state index >= 15 is 0 Å². The zero-order chi connectivity index (χ0) is 22.2. The largest absolute Gasteiger partial charge is 0.477 e. The molecule has 0 fully saturated rings. The van der Waals surface area contributed by atoms with E-state index < -0.39 is 16.1 Å². The predicted molar refractivity (Wildman–Crippen MR) is 120 cm³/mol. The molecule has 0 aliphatic rings. The summed E-state index contributed by atoms with van der Waals surface area (Å²) in [5.74, 6) is -1.11. The highest BCUT2D eigenvalue weighted by atomic mass is 32.2. The first-order chi connectivity index (χ1) is 14.8. The Bertz CT molecular complexity index is 1380. The van der Waals surface area contributed by atoms with Gasteiger partial charge in [-0.2, -0.15) is 8.42 Å². The first-order valence-corrected chi connectivity index (χ1v) is 11.6. The van der Waals surface area contributed by atoms with Crippen molar-refractivity contribution in [2.24, 2.45) is 5.73 Å². The van der Waals surface area contributed by atoms with Crippen LogP contribution in [0.15, 0.2) is 59.5 Å². The van der Waals surface area contributed by atoms with Gasteiger partial charge < -0.3 is 20.3 Å². The molecule has 4 N–H and O–H groups in total. The van der Waals surface area contributed by atoms with E-state index in [1.54, 1.807) is 36.4 Å². The van der Waals surface area contributed by atoms with Gasteiger partial charge in [0.25, 0.3) is 0 Å². The van der Waals surface area contributed by atoms with Gasteiger partial charge in [0, 0.05) is 34.1 Å². The summed E-state index contributed by atoms with van der Waals surface area (Å²) in [6, 6.07) is 14.2. The molecule has 0 bridgehead atoms. The summed E-state index contributed by atoms with van der Waals surface area (Å²) in [7, 11) is -4.02. The normalized spacial score (nSPS) is 12.7. The predicted octanol–water partition coefficient (Wildman–Crippen LogP) is 3.67. The highest BCUT2D eigenvalue weighted by molar-refractivity contribution is 7.87. The van der Waals surface area contributed by atoms with Crippen molar-refractivity contribution in [2.45, 2.75) is 17.9 Å². The van der Waals surface area contributed by atoms with Crippen molar-refractivity contribution in [1.82, 2.24) is 4.98 Å². The number of nitrogens with zero attached hydrogens (tertiary/aromatic N) is 1. The van der Waals surface area contributed by atoms with Crippen LogP contribution in [0.25, 0.3) is 21.0 Å². The summed E-state index contributed by atoms with van der Waals surface area (Å²) >= 11 is 1.15. The number of hydrogen-bond acceptors (Lipinski definition) is 8. The lowest BCUT2D eigenvalue weighted by Gasteiger charge is -2.11. The molecular weight excluding hydrogens is 438 g/mol. The number of rotatable bonds is 7. The van der Waals surface area contributed by atoms with Gasteiger partial charge in [-0.25, -0.2) is 9.78 Å². The summed E-state index contributed by atoms with van der Waals surface area (Å²) < 4.78 is 30.9. The van der Waals surface area contributed by atoms with Crippen molar-refractivity contribution in [3.63, 3.8) is 0 Å². The lowest BCUT2D eigenvalue weighted by molar-refractivity contribution is 0.0703. The van der Waals surface area contributed by atoms with Crippen LogP contribution < -0.4 is 15.2 Å². The van der Waals surface area contributed by atoms with E-state index in [2.05, 4.69) is 10.3 Å². The minimum Gasteiger partial charge on any atom is -0.477 e. The molecule has 2 aromatic heterocycles. The van der Waals surface area contributed by atoms with Crippen molar-refractivity contribution < 1.29 is 22.5 Å². The van der Waals surface area contributed by atoms with Crippen LogP contribution in [0.1, 0.15) is 16.6 Å². The summed E-state index contributed by atoms with van der Waals surface area (Å²) in [4.78, 5) is 16.3. The number of benzene rings is 2. The molecule has 0 aliphatic carbocycles. The molecule has 0 saturated heterocycles. The second-order valence-electron chi connectivity index (χ2n) is 6.97. The maximum absolute atomic E-state index is 12.5. The van der Waals surface area contributed by atoms with E-state index in [4.69, 9.17) is 9.92 Å². The summed E-state index contributed by atoms with van der Waals surface area (Å²) in [6.07, 6.45) is 0. The van der Waals surface area contributed by atoms with Gasteiger partial charge in [-0.3, -0.25) is 0 Å². The highest BCUT2D eigenvalue weighted by Crippen LogP contribution is 2.40. The van der Waals surface area contributed by atoms with E-state index in [0.717, 1.165) is 16.0 Å². The van der Waals surface area contributed by atoms with E-state index in [9.17, 15) is 18.3 Å². The lowest BCUT2D eigenvalue weighted by Crippen LogP contribution is -2.25. The smallest absolute Gasteiger partial charge is 0.348 e. The van der Waals surface area contributed by atoms with E-state index in [1.807, 2.05) is 6.92 Å². The van der Waals surface area contributed by atoms with Crippen LogP contribution in [0.4, 0.5) is 5.69 Å². The van der Waals surface area contributed by atoms with Crippen LogP contribution in [-0.4, -0.2) is 37.1 Å². The van der Waals surface area contributed by atoms with Crippen molar-refractivity contribution in [3.8, 4) is 5.88 Å². The number of nitrogens with one attached hydrogen (secondary N) is 1. The summed E-state index contributed by atoms with van der Waals surface area (Å²) in [5.41, 5.74) is 6.78. The molecule has 4 aromatic rings. The van der Waals surface area contributed by atoms with Gasteiger partial charge in [0.05, 0.1) is 11.2 Å². The van der Waals surface area contributed by atoms with Gasteiger partial charge >= 0.3 is 16.1 Å². The zero-order valence-corrected chi connectivity index (χ0v) is 18.0. The molecule has 0 unspecified atom stereocenters. The quantitative estimate of drug-likeness (QED) is 0.358. The maximum Gasteiger partial charge on any atom is 0.348 e. The minimum absolute atomic E-state index is 0.0266. The molecule has 0 radical (unpaired) electrons. The van der Waals surface area contributed by atoms with Gasteiger partial charge in [0.1, 0.15) is 9.77 Å². The molecule has 2 heterocycles. The monoisotopic (exact) mass is 457 g/mol. The number of carboxylic acid groups (broad SMARTS) is 1. The molecule has 1 atom stereocenters. The Labute approximate surface area is 182 Å². The van der Waals surface area contributed by atoms with Crippen molar-refractivity contribution in [3.05, 3.63) is 59.5 Å². The number of aromatic carboxylic acids is 1. The van der Waals surface area contributed by atoms with E-state index in [1.165, 1.54) is 18.2 Å². The van der Waals surface area contributed by atoms with E-state index in [0.29, 0.717) is 28.5 Å². The number of pyridine rings is 1. The van der Waals surface area contributed by atoms with Crippen molar-refractivity contribution >= 4 is 54.1 Å². The third kappa shape index (κ3) is 4.18. The number of carbonyl (C=O) groups is 1. The molecule has 10 heteroatoms. The molecule has 31 heavy (non-hydrogen) atoms. The van der Waals surface area contributed by atoms with Crippen LogP contribution in [0, 0.1) is 0 Å². The Morgan fingerprint density at radius 2 is 1.94 bits per heavy atom. The van der Waals surface area contributed by atoms with Gasteiger partial charge in [-0.1, -0.05) is 18.2 Å². The van der Waals surface area contributed by atoms with Crippen LogP contribution in [0.5, 0.6) is 5.88 Å². The number of anilines is 1. The molecule has 2 aromatic carbocycles. The molecule has 160 valence electrons. The standard InChI is InChI=1S/C21H19N3O5S2/c1-12(22)11-23-19-18-14-7-10-17(29-31(27,28)13-5-3-2-4-6-13)24-15(14)8-9-16(18)30-20(19)21(25)26/h2-10,12,23H,11,22H2,1H3,(H,25,26)/t12-/m1/s1. The molecule has 4 rings (SSSR count). The first kappa shape index (κ1) is 21.0. The Kier molecular flexibility index (Phi) is 5.52. The van der Waals surface area contributed by atoms with Crippen LogP contribution in [0.3, 0.4) is 0 Å². The fourth-order valence-electron chi connectivity index (χ4n) is 3.16. The van der Waals surface area contributed by atoms with Gasteiger partial charge in [-0.15, -0.1) is 11.3 Å². The van der Waals surface area contributed by atoms with Crippen molar-refractivity contribution in [1.29, 1.82) is 0 Å². The van der Waals surface area contributed by atoms with Crippen LogP contribution >= 0.6 is 11.3 Å². The Hall–Kier alpha value is -3.21. The Balaban J connectivity index is 1.80. The summed E-state index contributed by atoms with van der Waals surface area (Å²) in [6.45, 7) is 2.21. The fourth-order valence-corrected chi connectivity index (χ4v) is 5.10. The minimum atomic E-state index is -4.02. The first-order valence-electron chi connectivity index (χ1n) is 9.35. The molecular formula is C21H19N3O5S2. The molecule has 8 nitrogen and oxygen atoms in total. The van der Waals surface area contributed by atoms with Gasteiger partial charge in [0.15, 0.2) is 0 Å². The number of fused-ring (bicyclic) bond motifs is 3. The SMILES string of the molecule is C[C@@H](N)CNc1c(C(=O)O)sc2ccc3nc(OS(=O)(=O)c4ccccc4)ccc3c12. The third-order valence-electron chi connectivity index (χ3n) is 4.52. The number of carboxylic acids is 1. The van der Waals surface area contributed by atoms with Crippen LogP contribution in [-0.2, 0) is 10.1 Å². The second kappa shape index (κ2) is 8.14. The van der Waals surface area contributed by atoms with Gasteiger partial charge in [0.2, 0.25) is 5.88 Å². The second-order valence-corrected chi connectivity index (χ2v) is 9.57. The topological polar surface area (TPSA) is 132 Å². The Morgan fingerprint density at radius 1 is 1.19 bits per heavy atom. The number of thiophene rings is 1. The average molecular weight is 458 g/mol. The molecule has 0 amide bonds. The fraction of sp³-hybridized carbons (Fsp3) is 0.143.